The maximum Gasteiger partial charge on any atom is 0.352 e. The van der Waals surface area contributed by atoms with E-state index >= 15 is 0 Å². The number of hydrogen-bond acceptors (Lipinski definition) is 2. The molecule has 3 nitrogen and oxygen atoms in total. The van der Waals surface area contributed by atoms with E-state index in [9.17, 15) is 5.21 Å². The van der Waals surface area contributed by atoms with E-state index in [1.165, 1.54) is 37.4 Å². The van der Waals surface area contributed by atoms with Crippen LogP contribution in [-0.4, -0.2) is 23.2 Å². The zero-order chi connectivity index (χ0) is 11.0. The van der Waals surface area contributed by atoms with Crippen LogP contribution in [0.3, 0.4) is 0 Å². The van der Waals surface area contributed by atoms with E-state index < -0.39 is 8.24 Å². The standard InChI is InChI=1S/C9H24N2OSi2/c1-4-7-14(8-5-2,9-6-3)10-11(12)13/h4-9H2,1-3,13H3. The minimum absolute atomic E-state index is 0.517. The van der Waals surface area contributed by atoms with Crippen molar-refractivity contribution in [2.75, 3.05) is 0 Å². The molecule has 0 aromatic carbocycles. The molecule has 84 valence electrons. The number of hydrogen-bond donors (Lipinski definition) is 0. The third kappa shape index (κ3) is 4.90. The Morgan fingerprint density at radius 3 is 1.64 bits per heavy atom. The molecular formula is C9H24N2OSi2. The molecule has 0 spiro atoms. The second-order valence-electron chi connectivity index (χ2n) is 4.04. The lowest BCUT2D eigenvalue weighted by atomic mass is 10.6. The second kappa shape index (κ2) is 7.17. The summed E-state index contributed by atoms with van der Waals surface area (Å²) in [6.07, 6.45) is 3.52. The third-order valence-corrected chi connectivity index (χ3v) is 8.10. The van der Waals surface area contributed by atoms with Gasteiger partial charge in [0.15, 0.2) is 0 Å². The van der Waals surface area contributed by atoms with Crippen molar-refractivity contribution in [1.29, 1.82) is 0 Å². The van der Waals surface area contributed by atoms with Crippen molar-refractivity contribution in [2.24, 2.45) is 4.78 Å². The Morgan fingerprint density at radius 2 is 1.43 bits per heavy atom. The van der Waals surface area contributed by atoms with Gasteiger partial charge in [-0.1, -0.05) is 40.0 Å². The van der Waals surface area contributed by atoms with Gasteiger partial charge in [0.05, 0.1) is 0 Å². The molecule has 0 atom stereocenters. The summed E-state index contributed by atoms with van der Waals surface area (Å²) in [5.41, 5.74) is 0. The highest BCUT2D eigenvalue weighted by molar-refractivity contribution is 6.77. The smallest absolute Gasteiger partial charge is 0.352 e. The van der Waals surface area contributed by atoms with Crippen LogP contribution in [0.25, 0.3) is 0 Å². The van der Waals surface area contributed by atoms with E-state index in [-0.39, 0.29) is 0 Å². The molecular weight excluding hydrogens is 208 g/mol. The van der Waals surface area contributed by atoms with E-state index in [0.29, 0.717) is 10.4 Å². The lowest BCUT2D eigenvalue weighted by Crippen LogP contribution is -2.33. The fourth-order valence-electron chi connectivity index (χ4n) is 2.22. The molecule has 0 saturated heterocycles. The van der Waals surface area contributed by atoms with Gasteiger partial charge in [0.2, 0.25) is 0 Å². The first-order valence-corrected chi connectivity index (χ1v) is 9.20. The van der Waals surface area contributed by atoms with Crippen molar-refractivity contribution in [3.05, 3.63) is 5.21 Å². The van der Waals surface area contributed by atoms with Crippen molar-refractivity contribution >= 4 is 18.6 Å². The highest BCUT2D eigenvalue weighted by Crippen LogP contribution is 2.27. The Morgan fingerprint density at radius 1 is 1.07 bits per heavy atom. The lowest BCUT2D eigenvalue weighted by molar-refractivity contribution is -0.364. The summed E-state index contributed by atoms with van der Waals surface area (Å²) >= 11 is 0. The van der Waals surface area contributed by atoms with Gasteiger partial charge >= 0.3 is 10.4 Å². The minimum atomic E-state index is -1.59. The lowest BCUT2D eigenvalue weighted by Gasteiger charge is -2.22. The maximum atomic E-state index is 11.1. The van der Waals surface area contributed by atoms with Gasteiger partial charge < -0.3 is 5.21 Å². The average molecular weight is 232 g/mol. The second-order valence-corrected chi connectivity index (χ2v) is 8.95. The number of rotatable bonds is 7. The first-order valence-electron chi connectivity index (χ1n) is 5.74. The molecule has 14 heavy (non-hydrogen) atoms. The summed E-state index contributed by atoms with van der Waals surface area (Å²) in [5, 5.41) is 11.1. The van der Waals surface area contributed by atoms with Crippen LogP contribution in [0.4, 0.5) is 0 Å². The molecule has 0 saturated carbocycles. The highest BCUT2D eigenvalue weighted by atomic mass is 28.3. The molecule has 0 aromatic heterocycles. The van der Waals surface area contributed by atoms with E-state index in [1.807, 2.05) is 0 Å². The Balaban J connectivity index is 4.63. The highest BCUT2D eigenvalue weighted by Gasteiger charge is 2.34. The van der Waals surface area contributed by atoms with E-state index in [2.05, 4.69) is 25.6 Å². The van der Waals surface area contributed by atoms with Gasteiger partial charge in [0.25, 0.3) is 8.24 Å². The van der Waals surface area contributed by atoms with Gasteiger partial charge in [-0.05, 0) is 18.1 Å². The van der Waals surface area contributed by atoms with Crippen LogP contribution in [0.1, 0.15) is 40.0 Å². The summed E-state index contributed by atoms with van der Waals surface area (Å²) < 4.78 is 5.39. The van der Waals surface area contributed by atoms with Crippen LogP contribution in [0.2, 0.25) is 18.1 Å². The molecule has 5 heteroatoms. The summed E-state index contributed by atoms with van der Waals surface area (Å²) in [4.78, 5) is 0. The van der Waals surface area contributed by atoms with Gasteiger partial charge in [-0.2, -0.15) is 4.53 Å². The van der Waals surface area contributed by atoms with Crippen LogP contribution in [0.5, 0.6) is 0 Å². The molecule has 0 radical (unpaired) electrons. The third-order valence-electron chi connectivity index (χ3n) is 2.50. The Kier molecular flexibility index (Phi) is 7.08. The molecule has 0 aliphatic heterocycles. The molecule has 0 aliphatic rings. The van der Waals surface area contributed by atoms with Crippen LogP contribution >= 0.6 is 0 Å². The molecule has 0 rings (SSSR count). The predicted molar refractivity (Wildman–Crippen MR) is 67.0 cm³/mol. The quantitative estimate of drug-likeness (QED) is 0.377. The van der Waals surface area contributed by atoms with Gasteiger partial charge in [-0.3, -0.25) is 0 Å². The van der Waals surface area contributed by atoms with Gasteiger partial charge in [0.1, 0.15) is 0 Å². The van der Waals surface area contributed by atoms with Crippen LogP contribution in [0.15, 0.2) is 4.78 Å². The fraction of sp³-hybridized carbons (Fsp3) is 1.00. The number of nitrogens with zero attached hydrogens (tertiary/aromatic N) is 2. The monoisotopic (exact) mass is 232 g/mol. The largest absolute Gasteiger partial charge is 0.622 e. The van der Waals surface area contributed by atoms with Gasteiger partial charge in [0, 0.05) is 0 Å². The van der Waals surface area contributed by atoms with Crippen LogP contribution in [0, 0.1) is 5.21 Å². The van der Waals surface area contributed by atoms with Gasteiger partial charge in [-0.25, -0.2) is 0 Å². The maximum absolute atomic E-state index is 11.1. The fourth-order valence-corrected chi connectivity index (χ4v) is 7.93. The summed E-state index contributed by atoms with van der Waals surface area (Å²) in [5.74, 6) is 0. The molecule has 0 aromatic rings. The van der Waals surface area contributed by atoms with Crippen molar-refractivity contribution in [3.63, 3.8) is 0 Å². The Bertz CT molecular complexity index is 165. The van der Waals surface area contributed by atoms with Crippen molar-refractivity contribution in [2.45, 2.75) is 58.2 Å². The summed E-state index contributed by atoms with van der Waals surface area (Å²) in [6.45, 7) is 6.60. The van der Waals surface area contributed by atoms with E-state index in [0.717, 1.165) is 4.53 Å². The Hall–Kier alpha value is -0.166. The minimum Gasteiger partial charge on any atom is -0.622 e. The molecule has 0 bridgehead atoms. The van der Waals surface area contributed by atoms with Crippen molar-refractivity contribution in [3.8, 4) is 0 Å². The topological polar surface area (TPSA) is 38.4 Å². The zero-order valence-electron chi connectivity index (χ0n) is 10.0. The van der Waals surface area contributed by atoms with Crippen LogP contribution < -0.4 is 0 Å². The van der Waals surface area contributed by atoms with Crippen molar-refractivity contribution in [1.82, 2.24) is 0 Å². The Labute approximate surface area is 91.8 Å². The molecule has 0 aliphatic carbocycles. The van der Waals surface area contributed by atoms with Crippen LogP contribution in [-0.2, 0) is 0 Å². The van der Waals surface area contributed by atoms with E-state index in [4.69, 9.17) is 0 Å². The summed E-state index contributed by atoms with van der Waals surface area (Å²) in [6, 6.07) is 3.57. The SMILES string of the molecule is CCC[Si](CCC)(CCC)N=[N+]([O-])[SiH3]. The molecule has 0 heterocycles. The normalized spacial score (nSPS) is 13.5. The predicted octanol–water partition coefficient (Wildman–Crippen LogP) is 2.40. The average Bonchev–Trinajstić information content (AvgIpc) is 2.03. The summed E-state index contributed by atoms with van der Waals surface area (Å²) in [7, 11) is -1.07. The first kappa shape index (κ1) is 13.8. The van der Waals surface area contributed by atoms with E-state index in [1.54, 1.807) is 0 Å². The molecule has 0 amide bonds. The molecule has 0 fully saturated rings. The molecule has 0 N–H and O–H groups in total. The molecule has 0 unspecified atom stereocenters. The van der Waals surface area contributed by atoms with Crippen molar-refractivity contribution < 1.29 is 4.53 Å². The van der Waals surface area contributed by atoms with Gasteiger partial charge in [-0.15, -0.1) is 4.78 Å². The zero-order valence-corrected chi connectivity index (χ0v) is 13.0. The first-order chi connectivity index (χ1) is 6.60.